The Labute approximate surface area is 632 Å². The van der Waals surface area contributed by atoms with Gasteiger partial charge in [-0.3, -0.25) is 37.3 Å². The summed E-state index contributed by atoms with van der Waals surface area (Å²) < 4.78 is 68.6. The van der Waals surface area contributed by atoms with E-state index < -0.39 is 97.5 Å². The Morgan fingerprint density at radius 1 is 0.233 bits per heavy atom. The molecule has 0 aromatic carbocycles. The standard InChI is InChI=1S/C84H164O17P2/c1-5-9-13-17-21-24-27-30-32-34-36-38-40-42-44-46-48-51-53-57-61-65-69-82(87)95-75-80(101-84(89)71-67-63-59-55-52-49-47-45-43-41-39-37-35-33-31-28-25-22-18-14-10-6-2)77-99-103(92,93)97-73-78(85)72-96-102(90,91)98-76-79(74-94-81(86)68-64-60-56-20-16-12-8-4)100-83(88)70-66-62-58-54-50-29-26-23-19-15-11-7-3/h78-80,85H,5-77H2,1-4H3,(H,90,91)(H,92,93)/t78-,79+,80+/m0/s1. The molecule has 0 aliphatic heterocycles. The van der Waals surface area contributed by atoms with Crippen LogP contribution >= 0.6 is 15.6 Å². The highest BCUT2D eigenvalue weighted by Gasteiger charge is 2.30. The molecule has 0 fully saturated rings. The number of esters is 4. The number of carbonyl (C=O) groups is 4. The van der Waals surface area contributed by atoms with Gasteiger partial charge in [-0.25, -0.2) is 9.13 Å². The van der Waals surface area contributed by atoms with Crippen LogP contribution in [0.25, 0.3) is 0 Å². The Morgan fingerprint density at radius 2 is 0.388 bits per heavy atom. The fourth-order valence-corrected chi connectivity index (χ4v) is 14.7. The Morgan fingerprint density at radius 3 is 0.573 bits per heavy atom. The Bertz CT molecular complexity index is 1950. The van der Waals surface area contributed by atoms with Crippen molar-refractivity contribution < 1.29 is 80.2 Å². The summed E-state index contributed by atoms with van der Waals surface area (Å²) in [6.07, 6.45) is 72.6. The predicted molar refractivity (Wildman–Crippen MR) is 423 cm³/mol. The first-order chi connectivity index (χ1) is 50.2. The molecule has 0 saturated heterocycles. The van der Waals surface area contributed by atoms with Crippen LogP contribution in [-0.2, 0) is 65.4 Å². The molecule has 103 heavy (non-hydrogen) atoms. The van der Waals surface area contributed by atoms with Crippen LogP contribution in [0.15, 0.2) is 0 Å². The molecule has 19 heteroatoms. The van der Waals surface area contributed by atoms with Crippen molar-refractivity contribution in [2.45, 2.75) is 476 Å². The fourth-order valence-electron chi connectivity index (χ4n) is 13.2. The van der Waals surface area contributed by atoms with Crippen molar-refractivity contribution in [3.8, 4) is 0 Å². The van der Waals surface area contributed by atoms with Crippen molar-refractivity contribution in [2.75, 3.05) is 39.6 Å². The molecular formula is C84H164O17P2. The van der Waals surface area contributed by atoms with Gasteiger partial charge in [-0.2, -0.15) is 0 Å². The summed E-state index contributed by atoms with van der Waals surface area (Å²) in [6, 6.07) is 0. The fraction of sp³-hybridized carbons (Fsp3) is 0.952. The monoisotopic (exact) mass is 1510 g/mol. The van der Waals surface area contributed by atoms with Crippen molar-refractivity contribution in [3.63, 3.8) is 0 Å². The van der Waals surface area contributed by atoms with Gasteiger partial charge in [-0.15, -0.1) is 0 Å². The minimum Gasteiger partial charge on any atom is -0.462 e. The topological polar surface area (TPSA) is 237 Å². The van der Waals surface area contributed by atoms with Gasteiger partial charge in [-0.1, -0.05) is 407 Å². The third-order valence-electron chi connectivity index (χ3n) is 19.9. The number of aliphatic hydroxyl groups is 1. The van der Waals surface area contributed by atoms with Crippen LogP contribution in [0.1, 0.15) is 458 Å². The summed E-state index contributed by atoms with van der Waals surface area (Å²) in [4.78, 5) is 72.9. The quantitative estimate of drug-likeness (QED) is 0.0222. The van der Waals surface area contributed by atoms with Crippen molar-refractivity contribution in [2.24, 2.45) is 0 Å². The molecule has 0 bridgehead atoms. The van der Waals surface area contributed by atoms with Crippen molar-refractivity contribution >= 4 is 39.5 Å². The van der Waals surface area contributed by atoms with E-state index >= 15 is 0 Å². The maximum Gasteiger partial charge on any atom is 0.472 e. The van der Waals surface area contributed by atoms with Gasteiger partial charge in [0.25, 0.3) is 0 Å². The van der Waals surface area contributed by atoms with Gasteiger partial charge < -0.3 is 33.8 Å². The molecule has 612 valence electrons. The summed E-state index contributed by atoms with van der Waals surface area (Å²) in [7, 11) is -9.91. The van der Waals surface area contributed by atoms with Gasteiger partial charge in [0.2, 0.25) is 0 Å². The van der Waals surface area contributed by atoms with Gasteiger partial charge in [-0.05, 0) is 25.7 Å². The summed E-state index contributed by atoms with van der Waals surface area (Å²) in [5.41, 5.74) is 0. The molecule has 0 aliphatic carbocycles. The van der Waals surface area contributed by atoms with Crippen LogP contribution < -0.4 is 0 Å². The molecule has 0 rings (SSSR count). The second-order valence-electron chi connectivity index (χ2n) is 30.2. The maximum absolute atomic E-state index is 13.1. The second-order valence-corrected chi connectivity index (χ2v) is 33.1. The lowest BCUT2D eigenvalue weighted by molar-refractivity contribution is -0.161. The van der Waals surface area contributed by atoms with E-state index in [1.165, 1.54) is 276 Å². The SMILES string of the molecule is CCCCCCCCCCCCCCCCCCCCCCCCC(=O)OC[C@H](COP(=O)(O)OC[C@@H](O)COP(=O)(O)OC[C@@H](COC(=O)CCCCCCCCC)OC(=O)CCCCCCCCCCCCCC)OC(=O)CCCCCCCCCCCCCCCCCCCCCCCC. The average molecular weight is 1510 g/mol. The normalized spacial score (nSPS) is 13.7. The Hall–Kier alpha value is -1.94. The summed E-state index contributed by atoms with van der Waals surface area (Å²) >= 11 is 0. The van der Waals surface area contributed by atoms with Crippen LogP contribution in [0.3, 0.4) is 0 Å². The lowest BCUT2D eigenvalue weighted by Gasteiger charge is -2.21. The molecule has 0 heterocycles. The number of carbonyl (C=O) groups excluding carboxylic acids is 4. The summed E-state index contributed by atoms with van der Waals surface area (Å²) in [6.45, 7) is 4.98. The van der Waals surface area contributed by atoms with Gasteiger partial charge in [0.15, 0.2) is 12.2 Å². The molecule has 0 aliphatic rings. The van der Waals surface area contributed by atoms with Crippen LogP contribution in [0, 0.1) is 0 Å². The first-order valence-electron chi connectivity index (χ1n) is 43.8. The van der Waals surface area contributed by atoms with E-state index in [-0.39, 0.29) is 25.7 Å². The minimum absolute atomic E-state index is 0.108. The number of ether oxygens (including phenoxy) is 4. The van der Waals surface area contributed by atoms with Crippen LogP contribution in [0.2, 0.25) is 0 Å². The third kappa shape index (κ3) is 78.0. The van der Waals surface area contributed by atoms with E-state index in [1.54, 1.807) is 0 Å². The highest BCUT2D eigenvalue weighted by atomic mass is 31.2. The average Bonchev–Trinajstić information content (AvgIpc) is 0.910. The molecule has 0 aromatic heterocycles. The summed E-state index contributed by atoms with van der Waals surface area (Å²) in [5.74, 6) is -2.11. The number of phosphoric ester groups is 2. The molecule has 0 spiro atoms. The molecule has 17 nitrogen and oxygen atoms in total. The molecule has 0 amide bonds. The number of aliphatic hydroxyl groups excluding tert-OH is 1. The van der Waals surface area contributed by atoms with Gasteiger partial charge in [0.1, 0.15) is 19.3 Å². The lowest BCUT2D eigenvalue weighted by atomic mass is 10.0. The molecule has 3 N–H and O–H groups in total. The zero-order valence-corrected chi connectivity index (χ0v) is 69.1. The third-order valence-corrected chi connectivity index (χ3v) is 21.8. The van der Waals surface area contributed by atoms with Gasteiger partial charge >= 0.3 is 39.5 Å². The van der Waals surface area contributed by atoms with Crippen LogP contribution in [-0.4, -0.2) is 96.7 Å². The zero-order valence-electron chi connectivity index (χ0n) is 67.3. The van der Waals surface area contributed by atoms with Crippen LogP contribution in [0.5, 0.6) is 0 Å². The largest absolute Gasteiger partial charge is 0.472 e. The summed E-state index contributed by atoms with van der Waals surface area (Å²) in [5, 5.41) is 10.6. The van der Waals surface area contributed by atoms with E-state index in [0.29, 0.717) is 25.7 Å². The first-order valence-corrected chi connectivity index (χ1v) is 46.8. The molecule has 0 aromatic rings. The van der Waals surface area contributed by atoms with Crippen molar-refractivity contribution in [1.29, 1.82) is 0 Å². The Kier molecular flexibility index (Phi) is 76.7. The highest BCUT2D eigenvalue weighted by Crippen LogP contribution is 2.45. The van der Waals surface area contributed by atoms with Gasteiger partial charge in [0, 0.05) is 25.7 Å². The molecule has 0 radical (unpaired) electrons. The van der Waals surface area contributed by atoms with E-state index in [4.69, 9.17) is 37.0 Å². The predicted octanol–water partition coefficient (Wildman–Crippen LogP) is 25.7. The molecule has 0 saturated carbocycles. The number of phosphoric acid groups is 2. The molecular weight excluding hydrogens is 1340 g/mol. The van der Waals surface area contributed by atoms with Crippen molar-refractivity contribution in [3.05, 3.63) is 0 Å². The van der Waals surface area contributed by atoms with E-state index in [0.717, 1.165) is 103 Å². The maximum atomic E-state index is 13.1. The highest BCUT2D eigenvalue weighted by molar-refractivity contribution is 7.47. The van der Waals surface area contributed by atoms with Gasteiger partial charge in [0.05, 0.1) is 26.4 Å². The number of unbranched alkanes of at least 4 members (excludes halogenated alkanes) is 59. The Balaban J connectivity index is 5.12. The van der Waals surface area contributed by atoms with E-state index in [1.807, 2.05) is 0 Å². The zero-order chi connectivity index (χ0) is 75.3. The number of rotatable bonds is 85. The van der Waals surface area contributed by atoms with E-state index in [2.05, 4.69) is 27.7 Å². The minimum atomic E-state index is -4.96. The molecule has 5 atom stereocenters. The smallest absolute Gasteiger partial charge is 0.462 e. The lowest BCUT2D eigenvalue weighted by Crippen LogP contribution is -2.30. The number of hydrogen-bond acceptors (Lipinski definition) is 15. The molecule has 2 unspecified atom stereocenters. The van der Waals surface area contributed by atoms with E-state index in [9.17, 15) is 43.2 Å². The van der Waals surface area contributed by atoms with Crippen LogP contribution in [0.4, 0.5) is 0 Å². The first kappa shape index (κ1) is 101. The van der Waals surface area contributed by atoms with Crippen molar-refractivity contribution in [1.82, 2.24) is 0 Å². The second kappa shape index (κ2) is 78.2. The number of hydrogen-bond donors (Lipinski definition) is 3.